The van der Waals surface area contributed by atoms with Crippen molar-refractivity contribution in [2.75, 3.05) is 6.54 Å². The van der Waals surface area contributed by atoms with Crippen molar-refractivity contribution in [2.24, 2.45) is 0 Å². The standard InChI is InChI=1S/C12H15N3O5S/c16-11(17)3-1-2-6-13-21(19,20)8-4-5-9-10(7-8)15-12(18)14-9/h4-5,7,13H,1-3,6H2,(H,16,17)(H2,14,15,18). The van der Waals surface area contributed by atoms with E-state index >= 15 is 0 Å². The predicted molar refractivity (Wildman–Crippen MR) is 75.6 cm³/mol. The summed E-state index contributed by atoms with van der Waals surface area (Å²) in [5.74, 6) is -0.903. The number of unbranched alkanes of at least 4 members (excludes halogenated alkanes) is 1. The van der Waals surface area contributed by atoms with E-state index in [9.17, 15) is 18.0 Å². The zero-order valence-electron chi connectivity index (χ0n) is 11.0. The number of sulfonamides is 1. The Bertz CT molecular complexity index is 806. The van der Waals surface area contributed by atoms with E-state index in [1.165, 1.54) is 18.2 Å². The van der Waals surface area contributed by atoms with Crippen LogP contribution in [0.1, 0.15) is 19.3 Å². The van der Waals surface area contributed by atoms with Crippen LogP contribution in [-0.4, -0.2) is 36.0 Å². The molecule has 114 valence electrons. The number of aromatic amines is 2. The predicted octanol–water partition coefficient (Wildman–Crippen LogP) is 0.389. The molecule has 0 aliphatic heterocycles. The summed E-state index contributed by atoms with van der Waals surface area (Å²) in [6, 6.07) is 4.27. The van der Waals surface area contributed by atoms with Gasteiger partial charge in [0.2, 0.25) is 10.0 Å². The summed E-state index contributed by atoms with van der Waals surface area (Å²) in [4.78, 5) is 26.5. The van der Waals surface area contributed by atoms with Crippen LogP contribution < -0.4 is 10.4 Å². The van der Waals surface area contributed by atoms with Gasteiger partial charge in [0, 0.05) is 13.0 Å². The van der Waals surface area contributed by atoms with Crippen molar-refractivity contribution in [1.82, 2.24) is 14.7 Å². The topological polar surface area (TPSA) is 132 Å². The Kier molecular flexibility index (Phi) is 4.43. The quantitative estimate of drug-likeness (QED) is 0.549. The zero-order chi connectivity index (χ0) is 15.5. The number of aliphatic carboxylic acids is 1. The smallest absolute Gasteiger partial charge is 0.323 e. The van der Waals surface area contributed by atoms with Crippen molar-refractivity contribution >= 4 is 27.0 Å². The van der Waals surface area contributed by atoms with Gasteiger partial charge >= 0.3 is 11.7 Å². The molecule has 0 atom stereocenters. The lowest BCUT2D eigenvalue weighted by atomic mass is 10.2. The summed E-state index contributed by atoms with van der Waals surface area (Å²) in [7, 11) is -3.68. The van der Waals surface area contributed by atoms with E-state index in [-0.39, 0.29) is 17.9 Å². The Labute approximate surface area is 120 Å². The first kappa shape index (κ1) is 15.3. The van der Waals surface area contributed by atoms with Crippen molar-refractivity contribution in [2.45, 2.75) is 24.2 Å². The summed E-state index contributed by atoms with van der Waals surface area (Å²) in [5.41, 5.74) is 0.537. The molecular formula is C12H15N3O5S. The molecule has 0 radical (unpaired) electrons. The van der Waals surface area contributed by atoms with E-state index in [2.05, 4.69) is 14.7 Å². The molecular weight excluding hydrogens is 298 g/mol. The number of fused-ring (bicyclic) bond motifs is 1. The lowest BCUT2D eigenvalue weighted by molar-refractivity contribution is -0.137. The summed E-state index contributed by atoms with van der Waals surface area (Å²) in [6.07, 6.45) is 0.856. The van der Waals surface area contributed by atoms with Crippen LogP contribution in [0.3, 0.4) is 0 Å². The molecule has 0 saturated carbocycles. The maximum Gasteiger partial charge on any atom is 0.323 e. The highest BCUT2D eigenvalue weighted by Crippen LogP contribution is 2.14. The van der Waals surface area contributed by atoms with Gasteiger partial charge in [-0.15, -0.1) is 0 Å². The molecule has 0 aliphatic carbocycles. The minimum atomic E-state index is -3.68. The number of carboxylic acids is 1. The van der Waals surface area contributed by atoms with Crippen LogP contribution in [0.5, 0.6) is 0 Å². The third-order valence-electron chi connectivity index (χ3n) is 2.91. The van der Waals surface area contributed by atoms with Gasteiger partial charge in [-0.1, -0.05) is 0 Å². The molecule has 0 saturated heterocycles. The van der Waals surface area contributed by atoms with Crippen LogP contribution in [0.2, 0.25) is 0 Å². The number of rotatable bonds is 7. The van der Waals surface area contributed by atoms with Gasteiger partial charge in [0.25, 0.3) is 0 Å². The zero-order valence-corrected chi connectivity index (χ0v) is 11.9. The molecule has 0 fully saturated rings. The van der Waals surface area contributed by atoms with Gasteiger partial charge < -0.3 is 15.1 Å². The summed E-state index contributed by atoms with van der Waals surface area (Å²) >= 11 is 0. The molecule has 9 heteroatoms. The van der Waals surface area contributed by atoms with Gasteiger partial charge in [-0.2, -0.15) is 0 Å². The third kappa shape index (κ3) is 3.92. The van der Waals surface area contributed by atoms with Crippen molar-refractivity contribution in [3.05, 3.63) is 28.7 Å². The van der Waals surface area contributed by atoms with Crippen LogP contribution in [0.25, 0.3) is 11.0 Å². The van der Waals surface area contributed by atoms with Gasteiger partial charge in [0.1, 0.15) is 0 Å². The van der Waals surface area contributed by atoms with Gasteiger partial charge in [-0.3, -0.25) is 4.79 Å². The lowest BCUT2D eigenvalue weighted by Gasteiger charge is -2.06. The second-order valence-electron chi connectivity index (χ2n) is 4.54. The second-order valence-corrected chi connectivity index (χ2v) is 6.30. The fraction of sp³-hybridized carbons (Fsp3) is 0.333. The third-order valence-corrected chi connectivity index (χ3v) is 4.37. The van der Waals surface area contributed by atoms with E-state index in [1.54, 1.807) is 0 Å². The molecule has 4 N–H and O–H groups in total. The van der Waals surface area contributed by atoms with Crippen molar-refractivity contribution < 1.29 is 18.3 Å². The first-order valence-electron chi connectivity index (χ1n) is 6.32. The fourth-order valence-electron chi connectivity index (χ4n) is 1.87. The largest absolute Gasteiger partial charge is 0.481 e. The van der Waals surface area contributed by atoms with E-state index in [4.69, 9.17) is 5.11 Å². The molecule has 0 aliphatic rings. The van der Waals surface area contributed by atoms with E-state index in [0.717, 1.165) is 0 Å². The Morgan fingerprint density at radius 2 is 1.90 bits per heavy atom. The van der Waals surface area contributed by atoms with Crippen molar-refractivity contribution in [1.29, 1.82) is 0 Å². The van der Waals surface area contributed by atoms with Gasteiger partial charge in [-0.05, 0) is 31.0 Å². The summed E-state index contributed by atoms with van der Waals surface area (Å²) < 4.78 is 26.5. The fourth-order valence-corrected chi connectivity index (χ4v) is 2.97. The Morgan fingerprint density at radius 1 is 1.19 bits per heavy atom. The number of benzene rings is 1. The van der Waals surface area contributed by atoms with Crippen molar-refractivity contribution in [3.63, 3.8) is 0 Å². The molecule has 2 rings (SSSR count). The number of hydrogen-bond acceptors (Lipinski definition) is 4. The minimum absolute atomic E-state index is 0.0122. The number of H-pyrrole nitrogens is 2. The van der Waals surface area contributed by atoms with Crippen LogP contribution in [0.4, 0.5) is 0 Å². The van der Waals surface area contributed by atoms with E-state index in [1.807, 2.05) is 0 Å². The molecule has 0 spiro atoms. The molecule has 0 bridgehead atoms. The Hall–Kier alpha value is -2.13. The molecule has 2 aromatic rings. The monoisotopic (exact) mass is 313 g/mol. The summed E-state index contributed by atoms with van der Waals surface area (Å²) in [6.45, 7) is 0.164. The molecule has 1 heterocycles. The van der Waals surface area contributed by atoms with Crippen LogP contribution in [0.15, 0.2) is 27.9 Å². The number of nitrogens with one attached hydrogen (secondary N) is 3. The van der Waals surface area contributed by atoms with Crippen LogP contribution >= 0.6 is 0 Å². The Balaban J connectivity index is 2.03. The maximum atomic E-state index is 12.1. The number of imidazole rings is 1. The highest BCUT2D eigenvalue weighted by Gasteiger charge is 2.14. The van der Waals surface area contributed by atoms with Crippen molar-refractivity contribution in [3.8, 4) is 0 Å². The number of carbonyl (C=O) groups is 1. The molecule has 1 aromatic heterocycles. The highest BCUT2D eigenvalue weighted by molar-refractivity contribution is 7.89. The SMILES string of the molecule is O=C(O)CCCCNS(=O)(=O)c1ccc2[nH]c(=O)[nH]c2c1. The first-order valence-corrected chi connectivity index (χ1v) is 7.80. The molecule has 8 nitrogen and oxygen atoms in total. The highest BCUT2D eigenvalue weighted by atomic mass is 32.2. The number of hydrogen-bond donors (Lipinski definition) is 4. The normalized spacial score (nSPS) is 11.8. The maximum absolute atomic E-state index is 12.1. The van der Waals surface area contributed by atoms with Crippen LogP contribution in [-0.2, 0) is 14.8 Å². The lowest BCUT2D eigenvalue weighted by Crippen LogP contribution is -2.24. The molecule has 0 unspecified atom stereocenters. The summed E-state index contributed by atoms with van der Waals surface area (Å²) in [5, 5.41) is 8.48. The minimum Gasteiger partial charge on any atom is -0.481 e. The van der Waals surface area contributed by atoms with Gasteiger partial charge in [0.15, 0.2) is 0 Å². The second kappa shape index (κ2) is 6.10. The van der Waals surface area contributed by atoms with Gasteiger partial charge in [-0.25, -0.2) is 17.9 Å². The van der Waals surface area contributed by atoms with Gasteiger partial charge in [0.05, 0.1) is 15.9 Å². The Morgan fingerprint density at radius 3 is 2.62 bits per heavy atom. The first-order chi connectivity index (χ1) is 9.88. The molecule has 1 aromatic carbocycles. The number of carboxylic acid groups (broad SMARTS) is 1. The molecule has 21 heavy (non-hydrogen) atoms. The average Bonchev–Trinajstić information content (AvgIpc) is 2.76. The van der Waals surface area contributed by atoms with E-state index in [0.29, 0.717) is 23.9 Å². The van der Waals surface area contributed by atoms with E-state index < -0.39 is 21.7 Å². The molecule has 0 amide bonds. The number of aromatic nitrogens is 2. The average molecular weight is 313 g/mol. The van der Waals surface area contributed by atoms with Crippen LogP contribution in [0, 0.1) is 0 Å².